The maximum Gasteiger partial charge on any atom is 0.337 e. The van der Waals surface area contributed by atoms with Crippen molar-refractivity contribution in [3.05, 3.63) is 88.6 Å². The molecule has 1 heterocycles. The molecular weight excluding hydrogens is 332 g/mol. The van der Waals surface area contributed by atoms with Gasteiger partial charge in [-0.2, -0.15) is 0 Å². The highest BCUT2D eigenvalue weighted by Crippen LogP contribution is 2.42. The van der Waals surface area contributed by atoms with Gasteiger partial charge in [-0.15, -0.1) is 0 Å². The van der Waals surface area contributed by atoms with Crippen molar-refractivity contribution < 1.29 is 9.53 Å². The Morgan fingerprint density at radius 1 is 0.800 bits per heavy atom. The van der Waals surface area contributed by atoms with Crippen LogP contribution >= 0.6 is 10.5 Å². The van der Waals surface area contributed by atoms with E-state index in [1.54, 1.807) is 12.1 Å². The van der Waals surface area contributed by atoms with Gasteiger partial charge in [-0.25, -0.2) is 4.79 Å². The van der Waals surface area contributed by atoms with E-state index >= 15 is 0 Å². The summed E-state index contributed by atoms with van der Waals surface area (Å²) in [6.45, 7) is 0. The summed E-state index contributed by atoms with van der Waals surface area (Å²) in [5, 5.41) is 1.50. The van der Waals surface area contributed by atoms with E-state index in [9.17, 15) is 9.59 Å². The average Bonchev–Trinajstić information content (AvgIpc) is 2.68. The molecule has 0 spiro atoms. The molecule has 0 saturated heterocycles. The van der Waals surface area contributed by atoms with E-state index in [0.717, 1.165) is 25.1 Å². The van der Waals surface area contributed by atoms with Gasteiger partial charge in [0.25, 0.3) is 0 Å². The van der Waals surface area contributed by atoms with Crippen LogP contribution in [-0.4, -0.2) is 13.1 Å². The van der Waals surface area contributed by atoms with Crippen LogP contribution in [0, 0.1) is 0 Å². The molecule has 0 bridgehead atoms. The van der Waals surface area contributed by atoms with E-state index in [0.29, 0.717) is 5.56 Å². The van der Waals surface area contributed by atoms with Crippen LogP contribution in [0.1, 0.15) is 10.4 Å². The number of methoxy groups -OCH3 is 1. The minimum absolute atomic E-state index is 0.0705. The lowest BCUT2D eigenvalue weighted by Gasteiger charge is -2.03. The number of fused-ring (bicyclic) bond motifs is 2. The highest BCUT2D eigenvalue weighted by atomic mass is 32.2. The third-order valence-electron chi connectivity index (χ3n) is 4.21. The molecule has 1 aromatic heterocycles. The molecule has 0 aliphatic heterocycles. The third kappa shape index (κ3) is 2.51. The first-order chi connectivity index (χ1) is 12.2. The quantitative estimate of drug-likeness (QED) is 0.295. The summed E-state index contributed by atoms with van der Waals surface area (Å²) in [6, 6.07) is 22.9. The Bertz CT molecular complexity index is 1100. The first-order valence-electron chi connectivity index (χ1n) is 7.86. The van der Waals surface area contributed by atoms with E-state index in [4.69, 9.17) is 4.74 Å². The Labute approximate surface area is 147 Å². The SMILES string of the molecule is COC(=O)c1ccc(-[s+]2c3ccccc3c(=O)c3ccccc32)cc1. The smallest absolute Gasteiger partial charge is 0.337 e. The number of esters is 1. The van der Waals surface area contributed by atoms with Gasteiger partial charge in [0.2, 0.25) is 5.43 Å². The number of carbonyl (C=O) groups is 1. The lowest BCUT2D eigenvalue weighted by molar-refractivity contribution is 0.0601. The fraction of sp³-hybridized carbons (Fsp3) is 0.0476. The molecule has 3 nitrogen and oxygen atoms in total. The molecule has 0 aliphatic carbocycles. The Morgan fingerprint density at radius 2 is 1.32 bits per heavy atom. The number of carbonyl (C=O) groups excluding carboxylic acids is 1. The molecule has 0 amide bonds. The van der Waals surface area contributed by atoms with Crippen LogP contribution in [0.4, 0.5) is 0 Å². The number of ether oxygens (including phenoxy) is 1. The molecule has 4 aromatic rings. The Morgan fingerprint density at radius 3 is 1.84 bits per heavy atom. The summed E-state index contributed by atoms with van der Waals surface area (Å²) in [4.78, 5) is 25.6. The van der Waals surface area contributed by atoms with Gasteiger partial charge in [-0.1, -0.05) is 24.3 Å². The predicted octanol–water partition coefficient (Wildman–Crippen LogP) is 4.88. The molecular formula is C21H15O3S+. The van der Waals surface area contributed by atoms with Gasteiger partial charge in [0, 0.05) is 10.5 Å². The van der Waals surface area contributed by atoms with Gasteiger partial charge >= 0.3 is 5.97 Å². The lowest BCUT2D eigenvalue weighted by atomic mass is 10.2. The molecule has 0 radical (unpaired) electrons. The molecule has 0 unspecified atom stereocenters. The van der Waals surface area contributed by atoms with Crippen LogP contribution in [-0.2, 0) is 4.74 Å². The summed E-state index contributed by atoms with van der Waals surface area (Å²) in [5.41, 5.74) is 0.589. The monoisotopic (exact) mass is 347 g/mol. The van der Waals surface area contributed by atoms with Crippen molar-refractivity contribution in [3.8, 4) is 4.90 Å². The molecule has 3 aromatic carbocycles. The molecule has 0 saturated carbocycles. The Balaban J connectivity index is 2.07. The van der Waals surface area contributed by atoms with E-state index in [2.05, 4.69) is 0 Å². The van der Waals surface area contributed by atoms with Crippen LogP contribution in [0.2, 0.25) is 0 Å². The van der Waals surface area contributed by atoms with Crippen molar-refractivity contribution in [3.63, 3.8) is 0 Å². The van der Waals surface area contributed by atoms with E-state index in [1.807, 2.05) is 60.7 Å². The van der Waals surface area contributed by atoms with Crippen LogP contribution in [0.3, 0.4) is 0 Å². The van der Waals surface area contributed by atoms with Gasteiger partial charge in [-0.3, -0.25) is 4.79 Å². The van der Waals surface area contributed by atoms with Crippen LogP contribution in [0.15, 0.2) is 77.6 Å². The van der Waals surface area contributed by atoms with E-state index in [1.165, 1.54) is 7.11 Å². The molecule has 0 aliphatic rings. The molecule has 25 heavy (non-hydrogen) atoms. The minimum Gasteiger partial charge on any atom is -0.465 e. The molecule has 4 heteroatoms. The summed E-state index contributed by atoms with van der Waals surface area (Å²) < 4.78 is 6.82. The zero-order chi connectivity index (χ0) is 17.4. The second kappa shape index (κ2) is 6.15. The van der Waals surface area contributed by atoms with Crippen molar-refractivity contribution in [2.75, 3.05) is 7.11 Å². The van der Waals surface area contributed by atoms with Crippen molar-refractivity contribution in [1.29, 1.82) is 0 Å². The van der Waals surface area contributed by atoms with Gasteiger partial charge in [0.05, 0.1) is 23.4 Å². The van der Waals surface area contributed by atoms with Crippen molar-refractivity contribution in [2.24, 2.45) is 0 Å². The fourth-order valence-corrected chi connectivity index (χ4v) is 5.37. The zero-order valence-corrected chi connectivity index (χ0v) is 14.4. The van der Waals surface area contributed by atoms with Crippen molar-refractivity contribution in [2.45, 2.75) is 0 Å². The maximum atomic E-state index is 12.8. The summed E-state index contributed by atoms with van der Waals surface area (Å²) in [5.74, 6) is -0.352. The van der Waals surface area contributed by atoms with Gasteiger partial charge in [0.15, 0.2) is 14.3 Å². The zero-order valence-electron chi connectivity index (χ0n) is 13.6. The Kier molecular flexibility index (Phi) is 3.82. The maximum absolute atomic E-state index is 12.8. The first kappa shape index (κ1) is 15.5. The van der Waals surface area contributed by atoms with Crippen molar-refractivity contribution in [1.82, 2.24) is 0 Å². The largest absolute Gasteiger partial charge is 0.465 e. The van der Waals surface area contributed by atoms with E-state index < -0.39 is 0 Å². The highest BCUT2D eigenvalue weighted by molar-refractivity contribution is 7.49. The standard InChI is InChI=1S/C21H15O3S/c1-24-21(23)14-10-12-15(13-11-14)25-18-8-4-2-6-16(18)20(22)17-7-3-5-9-19(17)25/h2-13H,1H3/q+1. The molecule has 0 N–H and O–H groups in total. The molecule has 0 fully saturated rings. The highest BCUT2D eigenvalue weighted by Gasteiger charge is 2.22. The lowest BCUT2D eigenvalue weighted by Crippen LogP contribution is -2.02. The van der Waals surface area contributed by atoms with Crippen LogP contribution in [0.5, 0.6) is 0 Å². The minimum atomic E-state index is -0.375. The number of hydrogen-bond acceptors (Lipinski definition) is 3. The topological polar surface area (TPSA) is 43.4 Å². The fourth-order valence-electron chi connectivity index (χ4n) is 3.03. The third-order valence-corrected chi connectivity index (χ3v) is 6.55. The van der Waals surface area contributed by atoms with Gasteiger partial charge < -0.3 is 4.74 Å². The van der Waals surface area contributed by atoms with Gasteiger partial charge in [-0.05, 0) is 48.5 Å². The molecule has 4 rings (SSSR count). The number of rotatable bonds is 2. The average molecular weight is 347 g/mol. The Hall–Kier alpha value is -2.98. The normalized spacial score (nSPS) is 10.9. The van der Waals surface area contributed by atoms with E-state index in [-0.39, 0.29) is 21.9 Å². The second-order valence-electron chi connectivity index (χ2n) is 5.64. The summed E-state index contributed by atoms with van der Waals surface area (Å²) in [7, 11) is 0.997. The van der Waals surface area contributed by atoms with Crippen molar-refractivity contribution >= 4 is 36.6 Å². The number of hydrogen-bond donors (Lipinski definition) is 0. The summed E-state index contributed by atoms with van der Waals surface area (Å²) >= 11 is 0. The second-order valence-corrected chi connectivity index (χ2v) is 7.61. The summed E-state index contributed by atoms with van der Waals surface area (Å²) in [6.07, 6.45) is 0. The van der Waals surface area contributed by atoms with Crippen LogP contribution < -0.4 is 5.43 Å². The molecule has 122 valence electrons. The van der Waals surface area contributed by atoms with Crippen LogP contribution in [0.25, 0.3) is 25.1 Å². The molecule has 0 atom stereocenters. The predicted molar refractivity (Wildman–Crippen MR) is 103 cm³/mol. The first-order valence-corrected chi connectivity index (χ1v) is 9.08. The van der Waals surface area contributed by atoms with Gasteiger partial charge in [0.1, 0.15) is 0 Å². The number of benzene rings is 3.